The van der Waals surface area contributed by atoms with Crippen LogP contribution in [0.25, 0.3) is 0 Å². The molecule has 25 heavy (non-hydrogen) atoms. The summed E-state index contributed by atoms with van der Waals surface area (Å²) in [6.45, 7) is 6.90. The first-order valence-corrected chi connectivity index (χ1v) is 9.44. The number of hydrogen-bond donors (Lipinski definition) is 3. The lowest BCUT2D eigenvalue weighted by atomic mass is 10.3. The molecule has 1 aliphatic rings. The topological polar surface area (TPSA) is 87.6 Å². The fourth-order valence-corrected chi connectivity index (χ4v) is 3.00. The van der Waals surface area contributed by atoms with Crippen LogP contribution in [-0.2, 0) is 9.59 Å². The third-order valence-corrected chi connectivity index (χ3v) is 4.73. The van der Waals surface area contributed by atoms with Crippen LogP contribution in [0.5, 0.6) is 0 Å². The summed E-state index contributed by atoms with van der Waals surface area (Å²) in [6, 6.07) is 0. The van der Waals surface area contributed by atoms with Gasteiger partial charge in [-0.3, -0.25) is 19.4 Å². The minimum absolute atomic E-state index is 0.0549. The van der Waals surface area contributed by atoms with Gasteiger partial charge in [-0.15, -0.1) is 0 Å². The number of likely N-dealkylation sites (N-methyl/N-ethyl adjacent to an activating group) is 1. The maximum absolute atomic E-state index is 11.1. The van der Waals surface area contributed by atoms with Crippen LogP contribution in [0.2, 0.25) is 0 Å². The Bertz CT molecular complexity index is 382. The van der Waals surface area contributed by atoms with Crippen molar-refractivity contribution in [3.8, 4) is 0 Å². The number of aliphatic carboxylic acids is 2. The average Bonchev–Trinajstić information content (AvgIpc) is 2.54. The van der Waals surface area contributed by atoms with Gasteiger partial charge in [0.25, 0.3) is 0 Å². The Morgan fingerprint density at radius 2 is 1.20 bits per heavy atom. The lowest BCUT2D eigenvalue weighted by Gasteiger charge is -2.32. The molecule has 2 N–H and O–H groups in total. The minimum atomic E-state index is -0.802. The first kappa shape index (κ1) is 22.2. The second-order valence-electron chi connectivity index (χ2n) is 6.56. The van der Waals surface area contributed by atoms with Crippen molar-refractivity contribution in [3.63, 3.8) is 0 Å². The average molecular weight is 377 g/mol. The van der Waals surface area contributed by atoms with Crippen molar-refractivity contribution < 1.29 is 19.8 Å². The third kappa shape index (κ3) is 10.7. The van der Waals surface area contributed by atoms with Crippen molar-refractivity contribution in [1.29, 1.82) is 0 Å². The predicted octanol–water partition coefficient (Wildman–Crippen LogP) is -0.673. The Hall–Kier alpha value is -0.870. The maximum Gasteiger partial charge on any atom is 0.317 e. The van der Waals surface area contributed by atoms with E-state index >= 15 is 0 Å². The zero-order valence-electron chi connectivity index (χ0n) is 15.1. The monoisotopic (exact) mass is 376 g/mol. The van der Waals surface area contributed by atoms with Crippen LogP contribution in [-0.4, -0.2) is 127 Å². The smallest absolute Gasteiger partial charge is 0.317 e. The highest BCUT2D eigenvalue weighted by Crippen LogP contribution is 2.01. The van der Waals surface area contributed by atoms with E-state index in [1.165, 1.54) is 0 Å². The van der Waals surface area contributed by atoms with E-state index in [9.17, 15) is 9.59 Å². The van der Waals surface area contributed by atoms with Crippen molar-refractivity contribution in [3.05, 3.63) is 0 Å². The Labute approximate surface area is 155 Å². The maximum atomic E-state index is 11.1. The molecule has 1 fully saturated rings. The molecule has 0 saturated carbocycles. The molecule has 0 bridgehead atoms. The molecular weight excluding hydrogens is 344 g/mol. The lowest BCUT2D eigenvalue weighted by Crippen LogP contribution is -2.47. The number of carboxylic acids is 2. The zero-order chi connectivity index (χ0) is 18.7. The second-order valence-corrected chi connectivity index (χ2v) is 7.01. The van der Waals surface area contributed by atoms with Crippen LogP contribution in [0.15, 0.2) is 0 Å². The van der Waals surface area contributed by atoms with E-state index in [4.69, 9.17) is 10.2 Å². The first-order chi connectivity index (χ1) is 11.9. The number of carboxylic acid groups (broad SMARTS) is 2. The summed E-state index contributed by atoms with van der Waals surface area (Å²) >= 11 is 4.27. The third-order valence-electron chi connectivity index (χ3n) is 4.41. The normalized spacial score (nSPS) is 20.7. The van der Waals surface area contributed by atoms with Crippen molar-refractivity contribution in [2.45, 2.75) is 6.42 Å². The number of hydrogen-bond acceptors (Lipinski definition) is 7. The van der Waals surface area contributed by atoms with E-state index in [0.29, 0.717) is 26.2 Å². The van der Waals surface area contributed by atoms with Crippen molar-refractivity contribution in [2.24, 2.45) is 0 Å². The number of thiol groups is 1. The molecule has 9 heteroatoms. The Morgan fingerprint density at radius 1 is 0.800 bits per heavy atom. The van der Waals surface area contributed by atoms with Crippen LogP contribution >= 0.6 is 12.6 Å². The molecule has 0 unspecified atom stereocenters. The molecule has 0 spiro atoms. The van der Waals surface area contributed by atoms with E-state index in [0.717, 1.165) is 44.9 Å². The minimum Gasteiger partial charge on any atom is -0.480 e. The van der Waals surface area contributed by atoms with Crippen molar-refractivity contribution in [2.75, 3.05) is 84.8 Å². The molecule has 8 nitrogen and oxygen atoms in total. The quantitative estimate of drug-likeness (QED) is 0.504. The number of carbonyl (C=O) groups is 2. The van der Waals surface area contributed by atoms with E-state index < -0.39 is 11.9 Å². The molecule has 0 aromatic carbocycles. The van der Waals surface area contributed by atoms with Gasteiger partial charge < -0.3 is 20.0 Å². The fraction of sp³-hybridized carbons (Fsp3) is 0.875. The van der Waals surface area contributed by atoms with E-state index in [2.05, 4.69) is 22.4 Å². The molecule has 0 amide bonds. The van der Waals surface area contributed by atoms with E-state index in [1.54, 1.807) is 0 Å². The molecule has 1 aliphatic heterocycles. The zero-order valence-corrected chi connectivity index (χ0v) is 16.0. The summed E-state index contributed by atoms with van der Waals surface area (Å²) in [5, 5.41) is 18.2. The Morgan fingerprint density at radius 3 is 1.60 bits per heavy atom. The summed E-state index contributed by atoms with van der Waals surface area (Å²) in [5.41, 5.74) is 0. The van der Waals surface area contributed by atoms with Crippen LogP contribution < -0.4 is 0 Å². The highest BCUT2D eigenvalue weighted by molar-refractivity contribution is 7.80. The predicted molar refractivity (Wildman–Crippen MR) is 101 cm³/mol. The summed E-state index contributed by atoms with van der Waals surface area (Å²) in [6.07, 6.45) is 0.962. The molecule has 0 aromatic rings. The van der Waals surface area contributed by atoms with Gasteiger partial charge in [-0.1, -0.05) is 0 Å². The van der Waals surface area contributed by atoms with Gasteiger partial charge in [0.2, 0.25) is 0 Å². The van der Waals surface area contributed by atoms with Crippen molar-refractivity contribution in [1.82, 2.24) is 19.6 Å². The van der Waals surface area contributed by atoms with Gasteiger partial charge in [-0.2, -0.15) is 12.6 Å². The Balaban J connectivity index is 2.71. The summed E-state index contributed by atoms with van der Waals surface area (Å²) < 4.78 is 0. The molecule has 1 saturated heterocycles. The fourth-order valence-electron chi connectivity index (χ4n) is 2.85. The molecule has 1 rings (SSSR count). The molecular formula is C16H32N4O4S. The molecule has 0 aromatic heterocycles. The van der Waals surface area contributed by atoms with Crippen LogP contribution in [0.3, 0.4) is 0 Å². The second kappa shape index (κ2) is 12.5. The Kier molecular flexibility index (Phi) is 11.1. The standard InChI is InChI=1S/C16H32N4O4S/c1-17-4-6-19(13-15(21)22)10-8-18(3-2-12-25)9-11-20(7-5-17)14-16(23)24/h25H,2-14H2,1H3,(H,21,22)(H,23,24). The van der Waals surface area contributed by atoms with Gasteiger partial charge >= 0.3 is 11.9 Å². The van der Waals surface area contributed by atoms with Crippen LogP contribution in [0.4, 0.5) is 0 Å². The van der Waals surface area contributed by atoms with Gasteiger partial charge in [0, 0.05) is 52.4 Å². The van der Waals surface area contributed by atoms with Gasteiger partial charge in [-0.25, -0.2) is 0 Å². The lowest BCUT2D eigenvalue weighted by molar-refractivity contribution is -0.139. The molecule has 0 aliphatic carbocycles. The summed E-state index contributed by atoms with van der Waals surface area (Å²) in [5.74, 6) is -0.799. The molecule has 146 valence electrons. The SMILES string of the molecule is CN1CCN(CC(=O)O)CCN(CCCS)CCN(CC(=O)O)CC1. The number of nitrogens with zero attached hydrogens (tertiary/aromatic N) is 4. The molecule has 1 heterocycles. The number of rotatable bonds is 7. The summed E-state index contributed by atoms with van der Waals surface area (Å²) in [7, 11) is 1.99. The van der Waals surface area contributed by atoms with Gasteiger partial charge in [0.1, 0.15) is 0 Å². The molecule has 0 radical (unpaired) electrons. The van der Waals surface area contributed by atoms with E-state index in [1.807, 2.05) is 16.8 Å². The van der Waals surface area contributed by atoms with Gasteiger partial charge in [-0.05, 0) is 25.8 Å². The highest BCUT2D eigenvalue weighted by atomic mass is 32.1. The largest absolute Gasteiger partial charge is 0.480 e. The van der Waals surface area contributed by atoms with Gasteiger partial charge in [0.05, 0.1) is 13.1 Å². The molecule has 0 atom stereocenters. The van der Waals surface area contributed by atoms with Gasteiger partial charge in [0.15, 0.2) is 0 Å². The van der Waals surface area contributed by atoms with Crippen LogP contribution in [0, 0.1) is 0 Å². The van der Waals surface area contributed by atoms with Crippen molar-refractivity contribution >= 4 is 24.6 Å². The summed E-state index contributed by atoms with van der Waals surface area (Å²) in [4.78, 5) is 30.5. The van der Waals surface area contributed by atoms with Crippen LogP contribution in [0.1, 0.15) is 6.42 Å². The highest BCUT2D eigenvalue weighted by Gasteiger charge is 2.17. The first-order valence-electron chi connectivity index (χ1n) is 8.80. The van der Waals surface area contributed by atoms with E-state index in [-0.39, 0.29) is 13.1 Å².